The number of aromatic amines is 1. The number of aryl methyl sites for hydroxylation is 1. The number of ketones is 1. The molecule has 0 saturated heterocycles. The van der Waals surface area contributed by atoms with Crippen molar-refractivity contribution in [2.45, 2.75) is 26.3 Å². The fourth-order valence-electron chi connectivity index (χ4n) is 1.75. The predicted octanol–water partition coefficient (Wildman–Crippen LogP) is 2.05. The van der Waals surface area contributed by atoms with Crippen molar-refractivity contribution in [1.82, 2.24) is 15.3 Å². The maximum atomic E-state index is 12.3. The van der Waals surface area contributed by atoms with Crippen molar-refractivity contribution in [3.8, 4) is 0 Å². The Balaban J connectivity index is 2.46. The number of aromatic nitrogens is 2. The van der Waals surface area contributed by atoms with Crippen LogP contribution >= 0.6 is 0 Å². The molecule has 1 aromatic carbocycles. The minimum absolute atomic E-state index is 0.0779. The number of fused-ring (bicyclic) bond motifs is 1. The van der Waals surface area contributed by atoms with Crippen LogP contribution in [0.1, 0.15) is 30.0 Å². The minimum Gasteiger partial charge on any atom is -0.342 e. The highest BCUT2D eigenvalue weighted by Crippen LogP contribution is 2.18. The fourth-order valence-corrected chi connectivity index (χ4v) is 1.75. The van der Waals surface area contributed by atoms with Gasteiger partial charge in [0.25, 0.3) is 0 Å². The molecule has 1 heterocycles. The molecule has 17 heavy (non-hydrogen) atoms. The van der Waals surface area contributed by atoms with Gasteiger partial charge in [-0.3, -0.25) is 4.79 Å². The Morgan fingerprint density at radius 3 is 2.76 bits per heavy atom. The summed E-state index contributed by atoms with van der Waals surface area (Å²) in [5.74, 6) is 0.937. The molecule has 0 aliphatic carbocycles. The van der Waals surface area contributed by atoms with E-state index in [2.05, 4.69) is 15.3 Å². The van der Waals surface area contributed by atoms with Crippen LogP contribution in [0.3, 0.4) is 0 Å². The summed E-state index contributed by atoms with van der Waals surface area (Å²) < 4.78 is 0. The van der Waals surface area contributed by atoms with Crippen LogP contribution in [0, 0.1) is 6.92 Å². The Kier molecular flexibility index (Phi) is 2.75. The molecule has 90 valence electrons. The summed E-state index contributed by atoms with van der Waals surface area (Å²) >= 11 is 0. The van der Waals surface area contributed by atoms with E-state index in [1.807, 2.05) is 39.0 Å². The van der Waals surface area contributed by atoms with Crippen LogP contribution in [-0.4, -0.2) is 28.3 Å². The lowest BCUT2D eigenvalue weighted by Crippen LogP contribution is -2.44. The van der Waals surface area contributed by atoms with Crippen molar-refractivity contribution in [2.75, 3.05) is 7.05 Å². The normalized spacial score (nSPS) is 12.0. The first kappa shape index (κ1) is 11.8. The van der Waals surface area contributed by atoms with Crippen LogP contribution in [0.5, 0.6) is 0 Å². The van der Waals surface area contributed by atoms with Gasteiger partial charge >= 0.3 is 0 Å². The van der Waals surface area contributed by atoms with E-state index in [-0.39, 0.29) is 5.78 Å². The third-order valence-corrected chi connectivity index (χ3v) is 3.06. The highest BCUT2D eigenvalue weighted by molar-refractivity contribution is 6.04. The van der Waals surface area contributed by atoms with Crippen LogP contribution < -0.4 is 5.32 Å². The molecule has 2 aromatic rings. The summed E-state index contributed by atoms with van der Waals surface area (Å²) in [6.07, 6.45) is 0. The highest BCUT2D eigenvalue weighted by atomic mass is 16.1. The molecule has 0 saturated carbocycles. The molecule has 0 aliphatic rings. The number of carbonyl (C=O) groups excluding carboxylic acids is 1. The molecule has 0 atom stereocenters. The van der Waals surface area contributed by atoms with Gasteiger partial charge in [0.05, 0.1) is 16.6 Å². The maximum absolute atomic E-state index is 12.3. The number of carbonyl (C=O) groups is 1. The van der Waals surface area contributed by atoms with E-state index in [4.69, 9.17) is 0 Å². The number of hydrogen-bond acceptors (Lipinski definition) is 3. The van der Waals surface area contributed by atoms with Crippen molar-refractivity contribution in [2.24, 2.45) is 0 Å². The molecule has 2 N–H and O–H groups in total. The standard InChI is InChI=1S/C13H17N3O/c1-8-15-10-6-5-9(7-11(10)16-8)12(17)13(2,3)14-4/h5-7,14H,1-4H3,(H,15,16). The second-order valence-corrected chi connectivity index (χ2v) is 4.76. The SMILES string of the molecule is CNC(C)(C)C(=O)c1ccc2nc(C)[nH]c2c1. The Hall–Kier alpha value is -1.68. The summed E-state index contributed by atoms with van der Waals surface area (Å²) in [5, 5.41) is 3.02. The van der Waals surface area contributed by atoms with Gasteiger partial charge in [0, 0.05) is 5.56 Å². The third kappa shape index (κ3) is 2.08. The van der Waals surface area contributed by atoms with Gasteiger partial charge in [-0.1, -0.05) is 0 Å². The van der Waals surface area contributed by atoms with Crippen molar-refractivity contribution in [3.63, 3.8) is 0 Å². The van der Waals surface area contributed by atoms with Gasteiger partial charge in [-0.2, -0.15) is 0 Å². The van der Waals surface area contributed by atoms with Gasteiger partial charge < -0.3 is 10.3 Å². The number of nitrogens with one attached hydrogen (secondary N) is 2. The molecule has 0 bridgehead atoms. The van der Waals surface area contributed by atoms with Crippen LogP contribution in [0.25, 0.3) is 11.0 Å². The first-order valence-electron chi connectivity index (χ1n) is 5.64. The summed E-state index contributed by atoms with van der Waals surface area (Å²) in [4.78, 5) is 19.7. The van der Waals surface area contributed by atoms with Crippen molar-refractivity contribution in [3.05, 3.63) is 29.6 Å². The lowest BCUT2D eigenvalue weighted by atomic mass is 9.93. The van der Waals surface area contributed by atoms with Gasteiger partial charge in [0.15, 0.2) is 5.78 Å². The third-order valence-electron chi connectivity index (χ3n) is 3.06. The molecule has 2 rings (SSSR count). The number of benzene rings is 1. The number of nitrogens with zero attached hydrogens (tertiary/aromatic N) is 1. The quantitative estimate of drug-likeness (QED) is 0.795. The zero-order valence-corrected chi connectivity index (χ0v) is 10.6. The molecule has 0 unspecified atom stereocenters. The minimum atomic E-state index is -0.553. The number of likely N-dealkylation sites (N-methyl/N-ethyl adjacent to an activating group) is 1. The van der Waals surface area contributed by atoms with Gasteiger partial charge in [-0.15, -0.1) is 0 Å². The molecule has 4 heteroatoms. The average Bonchev–Trinajstić information content (AvgIpc) is 2.66. The lowest BCUT2D eigenvalue weighted by molar-refractivity contribution is 0.0889. The van der Waals surface area contributed by atoms with Crippen molar-refractivity contribution < 1.29 is 4.79 Å². The van der Waals surface area contributed by atoms with Gasteiger partial charge in [0.1, 0.15) is 5.82 Å². The molecule has 0 radical (unpaired) electrons. The molecule has 0 aliphatic heterocycles. The summed E-state index contributed by atoms with van der Waals surface area (Å²) in [6.45, 7) is 5.65. The van der Waals surface area contributed by atoms with E-state index in [0.717, 1.165) is 16.9 Å². The summed E-state index contributed by atoms with van der Waals surface area (Å²) in [5.41, 5.74) is 1.94. The van der Waals surface area contributed by atoms with E-state index in [0.29, 0.717) is 5.56 Å². The first-order valence-corrected chi connectivity index (χ1v) is 5.64. The maximum Gasteiger partial charge on any atom is 0.182 e. The summed E-state index contributed by atoms with van der Waals surface area (Å²) in [7, 11) is 1.79. The van der Waals surface area contributed by atoms with E-state index >= 15 is 0 Å². The largest absolute Gasteiger partial charge is 0.342 e. The van der Waals surface area contributed by atoms with Gasteiger partial charge in [-0.25, -0.2) is 4.98 Å². The monoisotopic (exact) mass is 231 g/mol. The number of rotatable bonds is 3. The number of hydrogen-bond donors (Lipinski definition) is 2. The molecule has 0 amide bonds. The van der Waals surface area contributed by atoms with E-state index in [1.54, 1.807) is 7.05 Å². The van der Waals surface area contributed by atoms with Crippen LogP contribution in [0.2, 0.25) is 0 Å². The van der Waals surface area contributed by atoms with Crippen molar-refractivity contribution in [1.29, 1.82) is 0 Å². The van der Waals surface area contributed by atoms with Gasteiger partial charge in [-0.05, 0) is 46.0 Å². The molecular weight excluding hydrogens is 214 g/mol. The zero-order valence-electron chi connectivity index (χ0n) is 10.6. The Labute approximate surface area is 100 Å². The first-order chi connectivity index (χ1) is 7.94. The number of imidazole rings is 1. The highest BCUT2D eigenvalue weighted by Gasteiger charge is 2.26. The van der Waals surface area contributed by atoms with Crippen LogP contribution in [0.15, 0.2) is 18.2 Å². The van der Waals surface area contributed by atoms with E-state index in [1.165, 1.54) is 0 Å². The Morgan fingerprint density at radius 2 is 2.12 bits per heavy atom. The van der Waals surface area contributed by atoms with Crippen LogP contribution in [0.4, 0.5) is 0 Å². The Morgan fingerprint density at radius 1 is 1.41 bits per heavy atom. The fraction of sp³-hybridized carbons (Fsp3) is 0.385. The molecular formula is C13H17N3O. The topological polar surface area (TPSA) is 57.8 Å². The van der Waals surface area contributed by atoms with Crippen LogP contribution in [-0.2, 0) is 0 Å². The zero-order chi connectivity index (χ0) is 12.6. The molecule has 1 aromatic heterocycles. The number of Topliss-reactive ketones (excluding diaryl/α,β-unsaturated/α-hetero) is 1. The average molecular weight is 231 g/mol. The smallest absolute Gasteiger partial charge is 0.182 e. The van der Waals surface area contributed by atoms with Gasteiger partial charge in [0.2, 0.25) is 0 Å². The number of H-pyrrole nitrogens is 1. The van der Waals surface area contributed by atoms with Crippen molar-refractivity contribution >= 4 is 16.8 Å². The second-order valence-electron chi connectivity index (χ2n) is 4.76. The molecule has 0 spiro atoms. The predicted molar refractivity (Wildman–Crippen MR) is 68.3 cm³/mol. The lowest BCUT2D eigenvalue weighted by Gasteiger charge is -2.22. The summed E-state index contributed by atoms with van der Waals surface area (Å²) in [6, 6.07) is 5.55. The van der Waals surface area contributed by atoms with E-state index < -0.39 is 5.54 Å². The second kappa shape index (κ2) is 3.96. The molecule has 4 nitrogen and oxygen atoms in total. The van der Waals surface area contributed by atoms with E-state index in [9.17, 15) is 4.79 Å². The Bertz CT molecular complexity index is 569. The molecule has 0 fully saturated rings.